The molecule has 0 unspecified atom stereocenters. The summed E-state index contributed by atoms with van der Waals surface area (Å²) in [5.41, 5.74) is 5.62. The Hall–Kier alpha value is -0.690. The summed E-state index contributed by atoms with van der Waals surface area (Å²) in [5, 5.41) is 0. The SMILES string of the molecule is Cc1cc(S(=O)(=O)N[C@@H](C)CN)ccc1F.Cl. The Morgan fingerprint density at radius 3 is 2.53 bits per heavy atom. The third-order valence-electron chi connectivity index (χ3n) is 2.15. The molecule has 1 aromatic carbocycles. The van der Waals surface area contributed by atoms with Crippen molar-refractivity contribution in [1.82, 2.24) is 4.72 Å². The van der Waals surface area contributed by atoms with Gasteiger partial charge in [0, 0.05) is 12.6 Å². The van der Waals surface area contributed by atoms with Gasteiger partial charge in [-0.2, -0.15) is 0 Å². The van der Waals surface area contributed by atoms with E-state index in [1.807, 2.05) is 0 Å². The maximum atomic E-state index is 13.0. The van der Waals surface area contributed by atoms with E-state index in [4.69, 9.17) is 5.73 Å². The molecule has 98 valence electrons. The normalized spacial score (nSPS) is 12.9. The lowest BCUT2D eigenvalue weighted by Crippen LogP contribution is -2.37. The Morgan fingerprint density at radius 2 is 2.06 bits per heavy atom. The van der Waals surface area contributed by atoms with Crippen LogP contribution in [-0.2, 0) is 10.0 Å². The van der Waals surface area contributed by atoms with Crippen LogP contribution in [0.2, 0.25) is 0 Å². The van der Waals surface area contributed by atoms with E-state index in [0.717, 1.165) is 6.07 Å². The number of benzene rings is 1. The van der Waals surface area contributed by atoms with E-state index >= 15 is 0 Å². The smallest absolute Gasteiger partial charge is 0.240 e. The highest BCUT2D eigenvalue weighted by molar-refractivity contribution is 7.89. The molecule has 1 rings (SSSR count). The summed E-state index contributed by atoms with van der Waals surface area (Å²) in [5.74, 6) is -0.425. The van der Waals surface area contributed by atoms with E-state index in [1.165, 1.54) is 19.1 Å². The molecule has 0 aliphatic heterocycles. The first-order valence-corrected chi connectivity index (χ1v) is 6.33. The van der Waals surface area contributed by atoms with Crippen LogP contribution >= 0.6 is 12.4 Å². The van der Waals surface area contributed by atoms with Gasteiger partial charge in [0.05, 0.1) is 4.90 Å². The Balaban J connectivity index is 0.00000256. The van der Waals surface area contributed by atoms with Gasteiger partial charge in [-0.1, -0.05) is 0 Å². The Kier molecular flexibility index (Phi) is 6.04. The maximum Gasteiger partial charge on any atom is 0.240 e. The van der Waals surface area contributed by atoms with Crippen LogP contribution in [0, 0.1) is 12.7 Å². The minimum absolute atomic E-state index is 0. The third kappa shape index (κ3) is 4.23. The topological polar surface area (TPSA) is 72.2 Å². The number of hydrogen-bond donors (Lipinski definition) is 2. The van der Waals surface area contributed by atoms with Gasteiger partial charge in [0.15, 0.2) is 0 Å². The molecule has 0 saturated carbocycles. The van der Waals surface area contributed by atoms with Crippen LogP contribution in [0.15, 0.2) is 23.1 Å². The lowest BCUT2D eigenvalue weighted by molar-refractivity contribution is 0.561. The summed E-state index contributed by atoms with van der Waals surface area (Å²) < 4.78 is 38.9. The molecule has 3 N–H and O–H groups in total. The average Bonchev–Trinajstić information content (AvgIpc) is 2.21. The van der Waals surface area contributed by atoms with E-state index in [-0.39, 0.29) is 29.9 Å². The van der Waals surface area contributed by atoms with E-state index in [0.29, 0.717) is 5.56 Å². The summed E-state index contributed by atoms with van der Waals surface area (Å²) in [6, 6.07) is 3.31. The van der Waals surface area contributed by atoms with Crippen LogP contribution in [0.1, 0.15) is 12.5 Å². The molecule has 17 heavy (non-hydrogen) atoms. The Bertz CT molecular complexity index is 479. The number of sulfonamides is 1. The zero-order valence-electron chi connectivity index (χ0n) is 9.60. The fourth-order valence-electron chi connectivity index (χ4n) is 1.17. The van der Waals surface area contributed by atoms with Gasteiger partial charge < -0.3 is 5.73 Å². The molecule has 0 bridgehead atoms. The molecule has 0 aliphatic carbocycles. The number of rotatable bonds is 4. The first-order chi connectivity index (χ1) is 7.36. The van der Waals surface area contributed by atoms with Gasteiger partial charge in [0.2, 0.25) is 10.0 Å². The Labute approximate surface area is 107 Å². The molecular formula is C10H16ClFN2O2S. The molecule has 0 aliphatic rings. The zero-order valence-corrected chi connectivity index (χ0v) is 11.2. The fourth-order valence-corrected chi connectivity index (χ4v) is 2.51. The van der Waals surface area contributed by atoms with Crippen molar-refractivity contribution >= 4 is 22.4 Å². The lowest BCUT2D eigenvalue weighted by Gasteiger charge is -2.12. The van der Waals surface area contributed by atoms with Crippen molar-refractivity contribution < 1.29 is 12.8 Å². The second-order valence-electron chi connectivity index (χ2n) is 3.67. The van der Waals surface area contributed by atoms with E-state index in [1.54, 1.807) is 6.92 Å². The third-order valence-corrected chi connectivity index (χ3v) is 3.74. The highest BCUT2D eigenvalue weighted by atomic mass is 35.5. The van der Waals surface area contributed by atoms with Crippen molar-refractivity contribution in [2.24, 2.45) is 5.73 Å². The molecule has 0 aromatic heterocycles. The highest BCUT2D eigenvalue weighted by Gasteiger charge is 2.17. The monoisotopic (exact) mass is 282 g/mol. The predicted molar refractivity (Wildman–Crippen MR) is 67.2 cm³/mol. The van der Waals surface area contributed by atoms with Crippen LogP contribution in [-0.4, -0.2) is 21.0 Å². The largest absolute Gasteiger partial charge is 0.329 e. The number of halogens is 2. The quantitative estimate of drug-likeness (QED) is 0.871. The van der Waals surface area contributed by atoms with Crippen molar-refractivity contribution in [3.05, 3.63) is 29.6 Å². The summed E-state index contributed by atoms with van der Waals surface area (Å²) in [7, 11) is -3.61. The predicted octanol–water partition coefficient (Wildman–Crippen LogP) is 1.18. The molecule has 0 saturated heterocycles. The molecule has 1 atom stereocenters. The Morgan fingerprint density at radius 1 is 1.47 bits per heavy atom. The van der Waals surface area contributed by atoms with Gasteiger partial charge in [0.25, 0.3) is 0 Å². The van der Waals surface area contributed by atoms with Crippen molar-refractivity contribution in [2.45, 2.75) is 24.8 Å². The molecule has 4 nitrogen and oxygen atoms in total. The van der Waals surface area contributed by atoms with E-state index in [2.05, 4.69) is 4.72 Å². The number of nitrogens with two attached hydrogens (primary N) is 1. The zero-order chi connectivity index (χ0) is 12.3. The van der Waals surface area contributed by atoms with Crippen molar-refractivity contribution in [3.63, 3.8) is 0 Å². The number of aryl methyl sites for hydroxylation is 1. The minimum atomic E-state index is -3.61. The van der Waals surface area contributed by atoms with Gasteiger partial charge in [-0.05, 0) is 37.6 Å². The lowest BCUT2D eigenvalue weighted by atomic mass is 10.2. The van der Waals surface area contributed by atoms with Crippen LogP contribution < -0.4 is 10.5 Å². The fraction of sp³-hybridized carbons (Fsp3) is 0.400. The highest BCUT2D eigenvalue weighted by Crippen LogP contribution is 2.14. The molecule has 0 radical (unpaired) electrons. The summed E-state index contributed by atoms with van der Waals surface area (Å²) >= 11 is 0. The van der Waals surface area contributed by atoms with Gasteiger partial charge >= 0.3 is 0 Å². The standard InChI is InChI=1S/C10H15FN2O2S.ClH/c1-7-5-9(3-4-10(7)11)16(14,15)13-8(2)6-12;/h3-5,8,13H,6,12H2,1-2H3;1H/t8-;/m0./s1. The van der Waals surface area contributed by atoms with Crippen LogP contribution in [0.25, 0.3) is 0 Å². The van der Waals surface area contributed by atoms with Crippen molar-refractivity contribution in [1.29, 1.82) is 0 Å². The van der Waals surface area contributed by atoms with E-state index in [9.17, 15) is 12.8 Å². The van der Waals surface area contributed by atoms with Crippen LogP contribution in [0.5, 0.6) is 0 Å². The van der Waals surface area contributed by atoms with Crippen LogP contribution in [0.3, 0.4) is 0 Å². The molecule has 0 spiro atoms. The molecule has 0 heterocycles. The second kappa shape index (κ2) is 6.30. The molecule has 0 amide bonds. The summed E-state index contributed by atoms with van der Waals surface area (Å²) in [6.07, 6.45) is 0. The van der Waals surface area contributed by atoms with Gasteiger partial charge in [0.1, 0.15) is 5.82 Å². The average molecular weight is 283 g/mol. The second-order valence-corrected chi connectivity index (χ2v) is 5.38. The first-order valence-electron chi connectivity index (χ1n) is 4.85. The maximum absolute atomic E-state index is 13.0. The molecular weight excluding hydrogens is 267 g/mol. The number of hydrogen-bond acceptors (Lipinski definition) is 3. The minimum Gasteiger partial charge on any atom is -0.329 e. The molecule has 7 heteroatoms. The van der Waals surface area contributed by atoms with Crippen LogP contribution in [0.4, 0.5) is 4.39 Å². The first kappa shape index (κ1) is 16.3. The molecule has 0 fully saturated rings. The molecule has 1 aromatic rings. The van der Waals surface area contributed by atoms with Crippen molar-refractivity contribution in [3.8, 4) is 0 Å². The number of nitrogens with one attached hydrogen (secondary N) is 1. The van der Waals surface area contributed by atoms with Crippen molar-refractivity contribution in [2.75, 3.05) is 6.54 Å². The van der Waals surface area contributed by atoms with E-state index < -0.39 is 15.8 Å². The summed E-state index contributed by atoms with van der Waals surface area (Å²) in [6.45, 7) is 3.38. The van der Waals surface area contributed by atoms with Gasteiger partial charge in [-0.3, -0.25) is 0 Å². The van der Waals surface area contributed by atoms with Gasteiger partial charge in [-0.25, -0.2) is 17.5 Å². The summed E-state index contributed by atoms with van der Waals surface area (Å²) in [4.78, 5) is 0.0479. The van der Waals surface area contributed by atoms with Gasteiger partial charge in [-0.15, -0.1) is 12.4 Å².